The van der Waals surface area contributed by atoms with Gasteiger partial charge in [-0.15, -0.1) is 0 Å². The van der Waals surface area contributed by atoms with Crippen LogP contribution in [0.4, 0.5) is 0 Å². The van der Waals surface area contributed by atoms with E-state index >= 15 is 0 Å². The number of aryl methyl sites for hydroxylation is 1. The lowest BCUT2D eigenvalue weighted by Crippen LogP contribution is -2.45. The fourth-order valence-electron chi connectivity index (χ4n) is 4.22. The van der Waals surface area contributed by atoms with Crippen LogP contribution in [0.2, 0.25) is 0 Å². The summed E-state index contributed by atoms with van der Waals surface area (Å²) < 4.78 is 6.07. The molecule has 2 heterocycles. The van der Waals surface area contributed by atoms with Gasteiger partial charge in [0.2, 0.25) is 0 Å². The average molecular weight is 364 g/mol. The fourth-order valence-corrected chi connectivity index (χ4v) is 4.22. The molecule has 0 radical (unpaired) electrons. The summed E-state index contributed by atoms with van der Waals surface area (Å²) in [4.78, 5) is 17.7. The minimum absolute atomic E-state index is 0.0533. The lowest BCUT2D eigenvalue weighted by molar-refractivity contribution is -0.140. The van der Waals surface area contributed by atoms with E-state index in [0.29, 0.717) is 0 Å². The minimum Gasteiger partial charge on any atom is -0.480 e. The van der Waals surface area contributed by atoms with E-state index in [2.05, 4.69) is 35.2 Å². The van der Waals surface area contributed by atoms with E-state index in [-0.39, 0.29) is 11.9 Å². The van der Waals surface area contributed by atoms with Crippen LogP contribution in [0.15, 0.2) is 54.6 Å². The Labute approximate surface area is 161 Å². The number of hydrogen-bond acceptors (Lipinski definition) is 3. The van der Waals surface area contributed by atoms with E-state index in [1.807, 2.05) is 36.2 Å². The molecule has 2 aromatic rings. The number of ether oxygens (including phenoxy) is 1. The van der Waals surface area contributed by atoms with Gasteiger partial charge >= 0.3 is 0 Å². The van der Waals surface area contributed by atoms with Crippen LogP contribution in [0.25, 0.3) is 0 Å². The Morgan fingerprint density at radius 1 is 1.11 bits per heavy atom. The molecule has 4 heteroatoms. The van der Waals surface area contributed by atoms with Crippen molar-refractivity contribution in [2.75, 3.05) is 26.7 Å². The zero-order valence-electron chi connectivity index (χ0n) is 16.0. The SMILES string of the molecule is CN(C(=O)C1CCc2ccccc2O1)C(CN1CCCC1)c1ccccc1. The molecule has 1 fully saturated rings. The summed E-state index contributed by atoms with van der Waals surface area (Å²) in [6.07, 6.45) is 3.74. The predicted molar refractivity (Wildman–Crippen MR) is 107 cm³/mol. The van der Waals surface area contributed by atoms with Crippen molar-refractivity contribution in [2.45, 2.75) is 37.8 Å². The van der Waals surface area contributed by atoms with E-state index in [0.717, 1.165) is 38.2 Å². The van der Waals surface area contributed by atoms with Crippen molar-refractivity contribution in [3.05, 3.63) is 65.7 Å². The molecule has 0 bridgehead atoms. The lowest BCUT2D eigenvalue weighted by Gasteiger charge is -2.35. The molecule has 2 atom stereocenters. The van der Waals surface area contributed by atoms with Crippen LogP contribution in [0.3, 0.4) is 0 Å². The Kier molecular flexibility index (Phi) is 5.44. The molecule has 2 aromatic carbocycles. The molecule has 4 rings (SSSR count). The maximum atomic E-state index is 13.3. The number of fused-ring (bicyclic) bond motifs is 1. The molecule has 2 aliphatic heterocycles. The second-order valence-electron chi connectivity index (χ2n) is 7.64. The highest BCUT2D eigenvalue weighted by molar-refractivity contribution is 5.82. The van der Waals surface area contributed by atoms with Gasteiger partial charge in [0.05, 0.1) is 6.04 Å². The highest BCUT2D eigenvalue weighted by atomic mass is 16.5. The highest BCUT2D eigenvalue weighted by Crippen LogP contribution is 2.30. The zero-order chi connectivity index (χ0) is 18.6. The normalized spacial score (nSPS) is 20.6. The summed E-state index contributed by atoms with van der Waals surface area (Å²) in [6, 6.07) is 18.5. The molecule has 0 aromatic heterocycles. The first-order valence-corrected chi connectivity index (χ1v) is 10.0. The van der Waals surface area contributed by atoms with Gasteiger partial charge in [0.1, 0.15) is 5.75 Å². The first kappa shape index (κ1) is 18.1. The number of carbonyl (C=O) groups is 1. The van der Waals surface area contributed by atoms with Gasteiger partial charge in [-0.2, -0.15) is 0 Å². The predicted octanol–water partition coefficient (Wildman–Crippen LogP) is 3.68. The number of benzene rings is 2. The van der Waals surface area contributed by atoms with Crippen LogP contribution >= 0.6 is 0 Å². The molecule has 1 saturated heterocycles. The summed E-state index contributed by atoms with van der Waals surface area (Å²) in [5.41, 5.74) is 2.39. The van der Waals surface area contributed by atoms with E-state index in [4.69, 9.17) is 4.74 Å². The number of carbonyl (C=O) groups excluding carboxylic acids is 1. The van der Waals surface area contributed by atoms with E-state index in [9.17, 15) is 4.79 Å². The van der Waals surface area contributed by atoms with Crippen molar-refractivity contribution in [1.29, 1.82) is 0 Å². The van der Waals surface area contributed by atoms with Gasteiger partial charge in [0, 0.05) is 13.6 Å². The van der Waals surface area contributed by atoms with Gasteiger partial charge in [0.15, 0.2) is 6.10 Å². The van der Waals surface area contributed by atoms with E-state index < -0.39 is 6.10 Å². The number of likely N-dealkylation sites (N-methyl/N-ethyl adjacent to an activating group) is 1. The van der Waals surface area contributed by atoms with Crippen LogP contribution in [0.1, 0.15) is 36.4 Å². The van der Waals surface area contributed by atoms with Gasteiger partial charge < -0.3 is 14.5 Å². The van der Waals surface area contributed by atoms with Crippen LogP contribution in [0, 0.1) is 0 Å². The number of rotatable bonds is 5. The van der Waals surface area contributed by atoms with Crippen molar-refractivity contribution in [3.63, 3.8) is 0 Å². The van der Waals surface area contributed by atoms with Crippen LogP contribution < -0.4 is 4.74 Å². The Morgan fingerprint density at radius 3 is 2.59 bits per heavy atom. The number of amides is 1. The quantitative estimate of drug-likeness (QED) is 0.811. The molecule has 0 N–H and O–H groups in total. The maximum absolute atomic E-state index is 13.3. The van der Waals surface area contributed by atoms with E-state index in [1.54, 1.807) is 0 Å². The number of nitrogens with zero attached hydrogens (tertiary/aromatic N) is 2. The summed E-state index contributed by atoms with van der Waals surface area (Å²) in [6.45, 7) is 3.13. The Bertz CT molecular complexity index is 771. The van der Waals surface area contributed by atoms with Crippen LogP contribution in [-0.4, -0.2) is 48.5 Å². The molecule has 2 aliphatic rings. The highest BCUT2D eigenvalue weighted by Gasteiger charge is 2.33. The molecule has 142 valence electrons. The molecule has 1 amide bonds. The van der Waals surface area contributed by atoms with Crippen LogP contribution in [0.5, 0.6) is 5.75 Å². The molecule has 27 heavy (non-hydrogen) atoms. The summed E-state index contributed by atoms with van der Waals surface area (Å²) in [7, 11) is 1.93. The third kappa shape index (κ3) is 4.01. The van der Waals surface area contributed by atoms with Crippen molar-refractivity contribution < 1.29 is 9.53 Å². The van der Waals surface area contributed by atoms with Gasteiger partial charge in [-0.25, -0.2) is 0 Å². The molecular weight excluding hydrogens is 336 g/mol. The monoisotopic (exact) mass is 364 g/mol. The van der Waals surface area contributed by atoms with Gasteiger partial charge in [0.25, 0.3) is 5.91 Å². The zero-order valence-corrected chi connectivity index (χ0v) is 16.0. The largest absolute Gasteiger partial charge is 0.480 e. The first-order chi connectivity index (χ1) is 13.2. The van der Waals surface area contributed by atoms with Crippen LogP contribution in [-0.2, 0) is 11.2 Å². The summed E-state index contributed by atoms with van der Waals surface area (Å²) in [5.74, 6) is 0.934. The Morgan fingerprint density at radius 2 is 1.81 bits per heavy atom. The molecule has 2 unspecified atom stereocenters. The van der Waals surface area contributed by atoms with E-state index in [1.165, 1.54) is 24.0 Å². The topological polar surface area (TPSA) is 32.8 Å². The maximum Gasteiger partial charge on any atom is 0.263 e. The number of likely N-dealkylation sites (tertiary alicyclic amines) is 1. The standard InChI is InChI=1S/C23H28N2O2/c1-24(23(26)22-14-13-19-11-5-6-12-21(19)27-22)20(17-25-15-7-8-16-25)18-9-3-2-4-10-18/h2-6,9-12,20,22H,7-8,13-17H2,1H3. The van der Waals surface area contributed by atoms with Crippen molar-refractivity contribution in [3.8, 4) is 5.75 Å². The first-order valence-electron chi connectivity index (χ1n) is 10.0. The third-order valence-corrected chi connectivity index (χ3v) is 5.82. The molecular formula is C23H28N2O2. The lowest BCUT2D eigenvalue weighted by atomic mass is 10.00. The van der Waals surface area contributed by atoms with Gasteiger partial charge in [-0.1, -0.05) is 48.5 Å². The van der Waals surface area contributed by atoms with Gasteiger partial charge in [-0.3, -0.25) is 4.79 Å². The molecule has 0 aliphatic carbocycles. The Balaban J connectivity index is 1.52. The fraction of sp³-hybridized carbons (Fsp3) is 0.435. The van der Waals surface area contributed by atoms with Gasteiger partial charge in [-0.05, 0) is 56.0 Å². The third-order valence-electron chi connectivity index (χ3n) is 5.82. The molecule has 4 nitrogen and oxygen atoms in total. The number of hydrogen-bond donors (Lipinski definition) is 0. The van der Waals surface area contributed by atoms with Crippen molar-refractivity contribution in [1.82, 2.24) is 9.80 Å². The second-order valence-corrected chi connectivity index (χ2v) is 7.64. The average Bonchev–Trinajstić information content (AvgIpc) is 3.24. The summed E-state index contributed by atoms with van der Waals surface area (Å²) >= 11 is 0. The molecule has 0 spiro atoms. The van der Waals surface area contributed by atoms with Crippen molar-refractivity contribution >= 4 is 5.91 Å². The number of para-hydroxylation sites is 1. The Hall–Kier alpha value is -2.33. The van der Waals surface area contributed by atoms with Crippen molar-refractivity contribution in [2.24, 2.45) is 0 Å². The summed E-state index contributed by atoms with van der Waals surface area (Å²) in [5, 5.41) is 0. The minimum atomic E-state index is -0.394. The second kappa shape index (κ2) is 8.13. The smallest absolute Gasteiger partial charge is 0.263 e. The molecule has 0 saturated carbocycles.